The number of aromatic nitrogens is 1. The van der Waals surface area contributed by atoms with Crippen LogP contribution in [-0.2, 0) is 6.54 Å². The Morgan fingerprint density at radius 3 is 2.52 bits per heavy atom. The van der Waals surface area contributed by atoms with Gasteiger partial charge in [0.25, 0.3) is 0 Å². The first-order valence-corrected chi connectivity index (χ1v) is 9.92. The molecule has 134 valence electrons. The van der Waals surface area contributed by atoms with E-state index in [2.05, 4.69) is 39.0 Å². The number of thiazole rings is 1. The molecule has 3 nitrogen and oxygen atoms in total. The molecule has 4 rings (SSSR count). The molecular formula is C21H15Cl2N3S. The molecule has 0 atom stereocenters. The Bertz CT molecular complexity index is 1180. The van der Waals surface area contributed by atoms with Crippen molar-refractivity contribution in [3.63, 3.8) is 0 Å². The van der Waals surface area contributed by atoms with Crippen molar-refractivity contribution in [1.82, 2.24) is 4.57 Å². The van der Waals surface area contributed by atoms with Gasteiger partial charge in [-0.2, -0.15) is 5.10 Å². The van der Waals surface area contributed by atoms with Gasteiger partial charge < -0.3 is 4.57 Å². The van der Waals surface area contributed by atoms with Crippen LogP contribution in [0.4, 0.5) is 0 Å². The lowest BCUT2D eigenvalue weighted by molar-refractivity contribution is 0.789. The molecule has 3 aromatic carbocycles. The number of fused-ring (bicyclic) bond motifs is 1. The van der Waals surface area contributed by atoms with Crippen molar-refractivity contribution in [2.75, 3.05) is 0 Å². The Morgan fingerprint density at radius 2 is 1.70 bits per heavy atom. The van der Waals surface area contributed by atoms with Crippen LogP contribution in [-0.4, -0.2) is 10.8 Å². The molecule has 0 saturated carbocycles. The SMILES string of the molecule is Clc1ccc(/C=N/N=c2\sc3ccccc3n2Cc2ccccc2)c(Cl)c1. The number of rotatable bonds is 4. The minimum absolute atomic E-state index is 0.551. The molecule has 0 bridgehead atoms. The van der Waals surface area contributed by atoms with Crippen molar-refractivity contribution < 1.29 is 0 Å². The highest BCUT2D eigenvalue weighted by molar-refractivity contribution is 7.16. The van der Waals surface area contributed by atoms with E-state index in [1.54, 1.807) is 29.7 Å². The van der Waals surface area contributed by atoms with Crippen LogP contribution in [0.3, 0.4) is 0 Å². The molecule has 0 fully saturated rings. The molecular weight excluding hydrogens is 397 g/mol. The Labute approximate surface area is 170 Å². The molecule has 0 N–H and O–H groups in total. The summed E-state index contributed by atoms with van der Waals surface area (Å²) in [5.74, 6) is 0. The molecule has 0 radical (unpaired) electrons. The molecule has 0 aliphatic heterocycles. The lowest BCUT2D eigenvalue weighted by Crippen LogP contribution is -2.15. The average molecular weight is 412 g/mol. The van der Waals surface area contributed by atoms with Gasteiger partial charge in [-0.1, -0.05) is 83.1 Å². The van der Waals surface area contributed by atoms with Gasteiger partial charge in [0, 0.05) is 10.6 Å². The molecule has 0 saturated heterocycles. The highest BCUT2D eigenvalue weighted by Gasteiger charge is 2.06. The van der Waals surface area contributed by atoms with Crippen LogP contribution in [0.2, 0.25) is 10.0 Å². The summed E-state index contributed by atoms with van der Waals surface area (Å²) in [6.45, 7) is 0.737. The zero-order valence-electron chi connectivity index (χ0n) is 14.2. The van der Waals surface area contributed by atoms with Crippen LogP contribution in [0.25, 0.3) is 10.2 Å². The molecule has 0 spiro atoms. The molecule has 1 aromatic heterocycles. The van der Waals surface area contributed by atoms with E-state index in [0.717, 1.165) is 22.4 Å². The minimum Gasteiger partial charge on any atom is -0.311 e. The fraction of sp³-hybridized carbons (Fsp3) is 0.0476. The molecule has 1 heterocycles. The first kappa shape index (κ1) is 18.0. The number of hydrogen-bond donors (Lipinski definition) is 0. The van der Waals surface area contributed by atoms with Gasteiger partial charge in [0.15, 0.2) is 0 Å². The Balaban J connectivity index is 1.75. The van der Waals surface area contributed by atoms with Gasteiger partial charge in [0.1, 0.15) is 0 Å². The van der Waals surface area contributed by atoms with Crippen LogP contribution in [0, 0.1) is 0 Å². The van der Waals surface area contributed by atoms with Crippen molar-refractivity contribution in [2.45, 2.75) is 6.54 Å². The largest absolute Gasteiger partial charge is 0.311 e. The summed E-state index contributed by atoms with van der Waals surface area (Å²) in [6.07, 6.45) is 1.65. The third kappa shape index (κ3) is 4.14. The standard InChI is InChI=1S/C21H15Cl2N3S/c22-17-11-10-16(18(23)12-17)13-24-25-21-26(14-15-6-2-1-3-7-15)19-8-4-5-9-20(19)27-21/h1-13H,14H2/b24-13+,25-21-. The van der Waals surface area contributed by atoms with Crippen molar-refractivity contribution in [3.8, 4) is 0 Å². The fourth-order valence-electron chi connectivity index (χ4n) is 2.76. The van der Waals surface area contributed by atoms with Crippen LogP contribution >= 0.6 is 34.5 Å². The quantitative estimate of drug-likeness (QED) is 0.291. The fourth-order valence-corrected chi connectivity index (χ4v) is 4.21. The van der Waals surface area contributed by atoms with Gasteiger partial charge in [-0.3, -0.25) is 0 Å². The van der Waals surface area contributed by atoms with Gasteiger partial charge >= 0.3 is 0 Å². The van der Waals surface area contributed by atoms with E-state index >= 15 is 0 Å². The molecule has 0 aliphatic rings. The molecule has 6 heteroatoms. The third-order valence-corrected chi connectivity index (χ3v) is 5.69. The molecule has 0 unspecified atom stereocenters. The predicted molar refractivity (Wildman–Crippen MR) is 115 cm³/mol. The molecule has 0 amide bonds. The van der Waals surface area contributed by atoms with E-state index in [-0.39, 0.29) is 0 Å². The number of para-hydroxylation sites is 1. The maximum atomic E-state index is 6.19. The minimum atomic E-state index is 0.551. The van der Waals surface area contributed by atoms with E-state index in [4.69, 9.17) is 23.2 Å². The number of halogens is 2. The van der Waals surface area contributed by atoms with Gasteiger partial charge in [-0.25, -0.2) is 0 Å². The summed E-state index contributed by atoms with van der Waals surface area (Å²) in [5, 5.41) is 9.87. The van der Waals surface area contributed by atoms with E-state index in [0.29, 0.717) is 10.0 Å². The second-order valence-electron chi connectivity index (χ2n) is 5.93. The van der Waals surface area contributed by atoms with Crippen molar-refractivity contribution in [3.05, 3.63) is 98.8 Å². The summed E-state index contributed by atoms with van der Waals surface area (Å²) in [4.78, 5) is 0.835. The second kappa shape index (κ2) is 8.09. The van der Waals surface area contributed by atoms with Crippen LogP contribution in [0.1, 0.15) is 11.1 Å². The monoisotopic (exact) mass is 411 g/mol. The first-order chi connectivity index (χ1) is 13.2. The van der Waals surface area contributed by atoms with Gasteiger partial charge in [0.05, 0.1) is 28.0 Å². The Hall–Kier alpha value is -2.40. The summed E-state index contributed by atoms with van der Waals surface area (Å²) in [7, 11) is 0. The molecule has 4 aromatic rings. The van der Waals surface area contributed by atoms with Gasteiger partial charge in [0.2, 0.25) is 4.80 Å². The smallest absolute Gasteiger partial charge is 0.211 e. The van der Waals surface area contributed by atoms with E-state index in [9.17, 15) is 0 Å². The van der Waals surface area contributed by atoms with E-state index < -0.39 is 0 Å². The maximum absolute atomic E-state index is 6.19. The zero-order chi connectivity index (χ0) is 18.6. The molecule has 27 heavy (non-hydrogen) atoms. The second-order valence-corrected chi connectivity index (χ2v) is 7.79. The highest BCUT2D eigenvalue weighted by Crippen LogP contribution is 2.20. The predicted octanol–water partition coefficient (Wildman–Crippen LogP) is 5.99. The summed E-state index contributed by atoms with van der Waals surface area (Å²) in [6, 6.07) is 23.9. The molecule has 0 aliphatic carbocycles. The summed E-state index contributed by atoms with van der Waals surface area (Å²) < 4.78 is 3.35. The lowest BCUT2D eigenvalue weighted by Gasteiger charge is -2.04. The first-order valence-electron chi connectivity index (χ1n) is 8.35. The highest BCUT2D eigenvalue weighted by atomic mass is 35.5. The maximum Gasteiger partial charge on any atom is 0.211 e. The Morgan fingerprint density at radius 1 is 0.926 bits per heavy atom. The summed E-state index contributed by atoms with van der Waals surface area (Å²) in [5.41, 5.74) is 3.14. The Kier molecular flexibility index (Phi) is 5.39. The van der Waals surface area contributed by atoms with E-state index in [1.165, 1.54) is 10.3 Å². The number of benzene rings is 3. The van der Waals surface area contributed by atoms with Crippen LogP contribution < -0.4 is 4.80 Å². The van der Waals surface area contributed by atoms with Gasteiger partial charge in [-0.15, -0.1) is 5.10 Å². The number of nitrogens with zero attached hydrogens (tertiary/aromatic N) is 3. The van der Waals surface area contributed by atoms with E-state index in [1.807, 2.05) is 36.4 Å². The van der Waals surface area contributed by atoms with Gasteiger partial charge in [-0.05, 0) is 29.8 Å². The van der Waals surface area contributed by atoms with Crippen molar-refractivity contribution in [2.24, 2.45) is 10.2 Å². The number of hydrogen-bond acceptors (Lipinski definition) is 3. The topological polar surface area (TPSA) is 29.6 Å². The normalized spacial score (nSPS) is 12.3. The van der Waals surface area contributed by atoms with Crippen molar-refractivity contribution in [1.29, 1.82) is 0 Å². The van der Waals surface area contributed by atoms with Crippen LogP contribution in [0.15, 0.2) is 83.0 Å². The lowest BCUT2D eigenvalue weighted by atomic mass is 10.2. The van der Waals surface area contributed by atoms with Crippen LogP contribution in [0.5, 0.6) is 0 Å². The van der Waals surface area contributed by atoms with Crippen molar-refractivity contribution >= 4 is 51.0 Å². The zero-order valence-corrected chi connectivity index (χ0v) is 16.5. The third-order valence-electron chi connectivity index (χ3n) is 4.07. The average Bonchev–Trinajstić information content (AvgIpc) is 3.02. The summed E-state index contributed by atoms with van der Waals surface area (Å²) >= 11 is 13.7.